The van der Waals surface area contributed by atoms with Gasteiger partial charge in [0, 0.05) is 18.5 Å². The number of hydrogen-bond acceptors (Lipinski definition) is 4. The van der Waals surface area contributed by atoms with Crippen molar-refractivity contribution in [1.29, 1.82) is 0 Å². The van der Waals surface area contributed by atoms with E-state index in [4.69, 9.17) is 16.0 Å². The molecule has 2 heterocycles. The SMILES string of the molecule is Fc1cnccc1-c1nnc(CCCCl)o1. The standard InChI is InChI=1S/C10H9ClFN3O/c11-4-1-2-9-14-15-10(16-9)7-3-5-13-6-8(7)12/h3,5-6H,1-2,4H2. The first-order valence-corrected chi connectivity index (χ1v) is 5.33. The first-order valence-electron chi connectivity index (χ1n) is 4.79. The molecule has 0 saturated carbocycles. The topological polar surface area (TPSA) is 51.8 Å². The van der Waals surface area contributed by atoms with Crippen LogP contribution in [0.15, 0.2) is 22.9 Å². The second kappa shape index (κ2) is 5.03. The quantitative estimate of drug-likeness (QED) is 0.772. The van der Waals surface area contributed by atoms with E-state index in [9.17, 15) is 4.39 Å². The molecule has 0 amide bonds. The normalized spacial score (nSPS) is 10.6. The Labute approximate surface area is 96.5 Å². The van der Waals surface area contributed by atoms with E-state index < -0.39 is 5.82 Å². The van der Waals surface area contributed by atoms with Gasteiger partial charge >= 0.3 is 0 Å². The third-order valence-corrected chi connectivity index (χ3v) is 2.26. The Kier molecular flexibility index (Phi) is 3.46. The first kappa shape index (κ1) is 11.0. The fraction of sp³-hybridized carbons (Fsp3) is 0.300. The summed E-state index contributed by atoms with van der Waals surface area (Å²) in [5.41, 5.74) is 0.264. The summed E-state index contributed by atoms with van der Waals surface area (Å²) in [4.78, 5) is 3.64. The van der Waals surface area contributed by atoms with Crippen molar-refractivity contribution in [2.45, 2.75) is 12.8 Å². The van der Waals surface area contributed by atoms with Crippen molar-refractivity contribution in [3.8, 4) is 11.5 Å². The summed E-state index contributed by atoms with van der Waals surface area (Å²) in [7, 11) is 0. The summed E-state index contributed by atoms with van der Waals surface area (Å²) in [5.74, 6) is 0.688. The van der Waals surface area contributed by atoms with Crippen LogP contribution in [0.1, 0.15) is 12.3 Å². The van der Waals surface area contributed by atoms with Crippen molar-refractivity contribution in [2.75, 3.05) is 5.88 Å². The summed E-state index contributed by atoms with van der Waals surface area (Å²) in [5, 5.41) is 7.58. The number of aromatic nitrogens is 3. The average molecular weight is 242 g/mol. The Morgan fingerprint density at radius 2 is 2.25 bits per heavy atom. The first-order chi connectivity index (χ1) is 7.81. The molecule has 0 N–H and O–H groups in total. The minimum absolute atomic E-state index is 0.171. The molecule has 0 bridgehead atoms. The van der Waals surface area contributed by atoms with E-state index in [1.807, 2.05) is 0 Å². The molecular formula is C10H9ClFN3O. The minimum Gasteiger partial charge on any atom is -0.421 e. The van der Waals surface area contributed by atoms with Crippen LogP contribution in [0.2, 0.25) is 0 Å². The predicted molar refractivity (Wildman–Crippen MR) is 56.5 cm³/mol. The van der Waals surface area contributed by atoms with Gasteiger partial charge in [-0.15, -0.1) is 21.8 Å². The van der Waals surface area contributed by atoms with Crippen LogP contribution in [-0.2, 0) is 6.42 Å². The molecule has 0 aromatic carbocycles. The van der Waals surface area contributed by atoms with Crippen LogP contribution in [0.25, 0.3) is 11.5 Å². The lowest BCUT2D eigenvalue weighted by Gasteiger charge is -1.95. The van der Waals surface area contributed by atoms with E-state index in [1.54, 1.807) is 0 Å². The third kappa shape index (κ3) is 2.36. The van der Waals surface area contributed by atoms with Gasteiger partial charge in [-0.2, -0.15) is 0 Å². The average Bonchev–Trinajstić information content (AvgIpc) is 2.75. The zero-order valence-electron chi connectivity index (χ0n) is 8.36. The lowest BCUT2D eigenvalue weighted by Crippen LogP contribution is -1.85. The van der Waals surface area contributed by atoms with Gasteiger partial charge in [-0.3, -0.25) is 4.98 Å². The van der Waals surface area contributed by atoms with Crippen molar-refractivity contribution in [3.05, 3.63) is 30.2 Å². The van der Waals surface area contributed by atoms with Gasteiger partial charge in [0.2, 0.25) is 5.89 Å². The largest absolute Gasteiger partial charge is 0.421 e. The molecule has 2 aromatic rings. The van der Waals surface area contributed by atoms with Gasteiger partial charge in [0.25, 0.3) is 5.89 Å². The molecule has 2 rings (SSSR count). The Morgan fingerprint density at radius 1 is 1.38 bits per heavy atom. The molecule has 84 valence electrons. The van der Waals surface area contributed by atoms with Crippen LogP contribution >= 0.6 is 11.6 Å². The van der Waals surface area contributed by atoms with E-state index >= 15 is 0 Å². The Morgan fingerprint density at radius 3 is 3.00 bits per heavy atom. The van der Waals surface area contributed by atoms with Gasteiger partial charge < -0.3 is 4.42 Å². The summed E-state index contributed by atoms with van der Waals surface area (Å²) in [6.45, 7) is 0. The van der Waals surface area contributed by atoms with Gasteiger partial charge in [-0.05, 0) is 12.5 Å². The fourth-order valence-electron chi connectivity index (χ4n) is 1.23. The van der Waals surface area contributed by atoms with Gasteiger partial charge in [0.15, 0.2) is 5.82 Å². The van der Waals surface area contributed by atoms with Gasteiger partial charge in [0.1, 0.15) is 0 Å². The highest BCUT2D eigenvalue weighted by atomic mass is 35.5. The number of nitrogens with zero attached hydrogens (tertiary/aromatic N) is 3. The van der Waals surface area contributed by atoms with Crippen LogP contribution in [0.3, 0.4) is 0 Å². The molecular weight excluding hydrogens is 233 g/mol. The van der Waals surface area contributed by atoms with Gasteiger partial charge in [-0.25, -0.2) is 4.39 Å². The van der Waals surface area contributed by atoms with E-state index in [2.05, 4.69) is 15.2 Å². The molecule has 2 aromatic heterocycles. The predicted octanol–water partition coefficient (Wildman–Crippen LogP) is 2.44. The van der Waals surface area contributed by atoms with Crippen LogP contribution in [0.5, 0.6) is 0 Å². The second-order valence-electron chi connectivity index (χ2n) is 3.15. The molecule has 0 aliphatic rings. The molecule has 0 radical (unpaired) electrons. The maximum atomic E-state index is 13.3. The molecule has 0 atom stereocenters. The van der Waals surface area contributed by atoms with Crippen molar-refractivity contribution in [1.82, 2.24) is 15.2 Å². The number of halogens is 2. The lowest BCUT2D eigenvalue weighted by molar-refractivity contribution is 0.498. The van der Waals surface area contributed by atoms with Crippen molar-refractivity contribution in [2.24, 2.45) is 0 Å². The number of alkyl halides is 1. The summed E-state index contributed by atoms with van der Waals surface area (Å²) < 4.78 is 18.6. The third-order valence-electron chi connectivity index (χ3n) is 1.99. The molecule has 0 fully saturated rings. The number of pyridine rings is 1. The van der Waals surface area contributed by atoms with Crippen LogP contribution in [0, 0.1) is 5.82 Å². The zero-order chi connectivity index (χ0) is 11.4. The minimum atomic E-state index is -0.477. The van der Waals surface area contributed by atoms with Crippen LogP contribution in [0.4, 0.5) is 4.39 Å². The van der Waals surface area contributed by atoms with Crippen LogP contribution < -0.4 is 0 Å². The Bertz CT molecular complexity index is 475. The number of rotatable bonds is 4. The fourth-order valence-corrected chi connectivity index (χ4v) is 1.36. The number of hydrogen-bond donors (Lipinski definition) is 0. The summed E-state index contributed by atoms with van der Waals surface area (Å²) >= 11 is 5.54. The number of aryl methyl sites for hydroxylation is 1. The molecule has 6 heteroatoms. The molecule has 16 heavy (non-hydrogen) atoms. The highest BCUT2D eigenvalue weighted by Gasteiger charge is 2.12. The molecule has 0 unspecified atom stereocenters. The maximum absolute atomic E-state index is 13.3. The zero-order valence-corrected chi connectivity index (χ0v) is 9.12. The van der Waals surface area contributed by atoms with Crippen molar-refractivity contribution >= 4 is 11.6 Å². The van der Waals surface area contributed by atoms with Crippen molar-refractivity contribution < 1.29 is 8.81 Å². The Balaban J connectivity index is 2.22. The van der Waals surface area contributed by atoms with E-state index in [-0.39, 0.29) is 11.5 Å². The van der Waals surface area contributed by atoms with Gasteiger partial charge in [0.05, 0.1) is 11.8 Å². The van der Waals surface area contributed by atoms with E-state index in [0.29, 0.717) is 18.2 Å². The summed E-state index contributed by atoms with van der Waals surface area (Å²) in [6, 6.07) is 1.49. The lowest BCUT2D eigenvalue weighted by atomic mass is 10.2. The monoisotopic (exact) mass is 241 g/mol. The summed E-state index contributed by atoms with van der Waals surface area (Å²) in [6.07, 6.45) is 3.93. The molecule has 0 aliphatic carbocycles. The highest BCUT2D eigenvalue weighted by Crippen LogP contribution is 2.20. The molecule has 4 nitrogen and oxygen atoms in total. The Hall–Kier alpha value is -1.49. The maximum Gasteiger partial charge on any atom is 0.250 e. The van der Waals surface area contributed by atoms with E-state index in [1.165, 1.54) is 12.3 Å². The smallest absolute Gasteiger partial charge is 0.250 e. The van der Waals surface area contributed by atoms with Crippen LogP contribution in [-0.4, -0.2) is 21.1 Å². The molecule has 0 aliphatic heterocycles. The molecule has 0 saturated heterocycles. The molecule has 0 spiro atoms. The van der Waals surface area contributed by atoms with E-state index in [0.717, 1.165) is 12.6 Å². The van der Waals surface area contributed by atoms with Gasteiger partial charge in [-0.1, -0.05) is 0 Å². The highest BCUT2D eigenvalue weighted by molar-refractivity contribution is 6.17. The van der Waals surface area contributed by atoms with Crippen molar-refractivity contribution in [3.63, 3.8) is 0 Å². The second-order valence-corrected chi connectivity index (χ2v) is 3.53.